The van der Waals surface area contributed by atoms with E-state index in [9.17, 15) is 4.79 Å². The first-order valence-electron chi connectivity index (χ1n) is 10.4. The van der Waals surface area contributed by atoms with Gasteiger partial charge in [-0.2, -0.15) is 0 Å². The number of nitrogens with one attached hydrogen (secondary N) is 1. The van der Waals surface area contributed by atoms with Crippen molar-refractivity contribution in [2.24, 2.45) is 7.05 Å². The molecule has 4 rings (SSSR count). The molecule has 0 bridgehead atoms. The van der Waals surface area contributed by atoms with E-state index in [1.165, 1.54) is 11.8 Å². The number of hydrogen-bond acceptors (Lipinski definition) is 5. The van der Waals surface area contributed by atoms with Gasteiger partial charge < -0.3 is 14.6 Å². The zero-order valence-electron chi connectivity index (χ0n) is 18.2. The Bertz CT molecular complexity index is 1230. The van der Waals surface area contributed by atoms with Crippen LogP contribution in [-0.2, 0) is 18.4 Å². The zero-order chi connectivity index (χ0) is 23.2. The molecule has 1 heterocycles. The van der Waals surface area contributed by atoms with Crippen molar-refractivity contribution in [3.8, 4) is 5.75 Å². The minimum atomic E-state index is -0.507. The van der Waals surface area contributed by atoms with Crippen LogP contribution in [0.25, 0.3) is 0 Å². The Morgan fingerprint density at radius 2 is 1.73 bits per heavy atom. The first kappa shape index (κ1) is 22.9. The van der Waals surface area contributed by atoms with Crippen molar-refractivity contribution in [3.63, 3.8) is 0 Å². The molecule has 1 atom stereocenters. The van der Waals surface area contributed by atoms with Gasteiger partial charge >= 0.3 is 0 Å². The second-order valence-electron chi connectivity index (χ2n) is 7.44. The lowest BCUT2D eigenvalue weighted by molar-refractivity contribution is -0.115. The Morgan fingerprint density at radius 3 is 2.45 bits per heavy atom. The number of para-hydroxylation sites is 1. The number of hydrogen-bond donors (Lipinski definition) is 1. The summed E-state index contributed by atoms with van der Waals surface area (Å²) in [6, 6.07) is 24.6. The standard InChI is InChI=1S/C25H23ClN4O2S/c1-17-12-14-19(15-13-17)27-24(31)23(18-8-4-3-5-9-18)33-25-29-28-22(30(25)2)16-32-21-11-7-6-10-20(21)26/h3-15,23H,16H2,1-2H3,(H,27,31)/t23-/m0/s1. The Balaban J connectivity index is 1.52. The van der Waals surface area contributed by atoms with E-state index in [-0.39, 0.29) is 12.5 Å². The van der Waals surface area contributed by atoms with Gasteiger partial charge in [-0.05, 0) is 36.8 Å². The van der Waals surface area contributed by atoms with Gasteiger partial charge in [-0.15, -0.1) is 10.2 Å². The topological polar surface area (TPSA) is 69.0 Å². The van der Waals surface area contributed by atoms with Crippen LogP contribution >= 0.6 is 23.4 Å². The Hall–Kier alpha value is -3.29. The summed E-state index contributed by atoms with van der Waals surface area (Å²) in [6.45, 7) is 2.22. The van der Waals surface area contributed by atoms with E-state index < -0.39 is 5.25 Å². The summed E-state index contributed by atoms with van der Waals surface area (Å²) in [6.07, 6.45) is 0. The number of halogens is 1. The highest BCUT2D eigenvalue weighted by Gasteiger charge is 2.25. The second-order valence-corrected chi connectivity index (χ2v) is 8.92. The number of ether oxygens (including phenoxy) is 1. The van der Waals surface area contributed by atoms with Crippen LogP contribution in [0.4, 0.5) is 5.69 Å². The maximum absolute atomic E-state index is 13.2. The van der Waals surface area contributed by atoms with Crippen LogP contribution in [0.15, 0.2) is 84.0 Å². The van der Waals surface area contributed by atoms with Crippen molar-refractivity contribution >= 4 is 35.0 Å². The molecule has 33 heavy (non-hydrogen) atoms. The van der Waals surface area contributed by atoms with E-state index >= 15 is 0 Å². The van der Waals surface area contributed by atoms with Crippen LogP contribution in [0.3, 0.4) is 0 Å². The molecule has 0 fully saturated rings. The number of carbonyl (C=O) groups excluding carboxylic acids is 1. The quantitative estimate of drug-likeness (QED) is 0.323. The van der Waals surface area contributed by atoms with E-state index in [1.54, 1.807) is 12.1 Å². The highest BCUT2D eigenvalue weighted by Crippen LogP contribution is 2.35. The second kappa shape index (κ2) is 10.6. The van der Waals surface area contributed by atoms with Gasteiger partial charge in [0, 0.05) is 12.7 Å². The van der Waals surface area contributed by atoms with E-state index in [1.807, 2.05) is 85.3 Å². The van der Waals surface area contributed by atoms with E-state index in [4.69, 9.17) is 16.3 Å². The third kappa shape index (κ3) is 5.74. The summed E-state index contributed by atoms with van der Waals surface area (Å²) in [5.74, 6) is 1.08. The lowest BCUT2D eigenvalue weighted by Crippen LogP contribution is -2.19. The maximum atomic E-state index is 13.2. The summed E-state index contributed by atoms with van der Waals surface area (Å²) in [4.78, 5) is 13.2. The van der Waals surface area contributed by atoms with Crippen LogP contribution in [0.2, 0.25) is 5.02 Å². The smallest absolute Gasteiger partial charge is 0.242 e. The molecule has 3 aromatic carbocycles. The van der Waals surface area contributed by atoms with Gasteiger partial charge in [-0.25, -0.2) is 0 Å². The summed E-state index contributed by atoms with van der Waals surface area (Å²) in [5, 5.41) is 12.2. The van der Waals surface area contributed by atoms with Gasteiger partial charge in [0.15, 0.2) is 11.0 Å². The van der Waals surface area contributed by atoms with Crippen molar-refractivity contribution in [2.75, 3.05) is 5.32 Å². The van der Waals surface area contributed by atoms with Crippen molar-refractivity contribution < 1.29 is 9.53 Å². The summed E-state index contributed by atoms with van der Waals surface area (Å²) < 4.78 is 7.63. The number of thioether (sulfide) groups is 1. The molecule has 0 radical (unpaired) electrons. The van der Waals surface area contributed by atoms with Crippen molar-refractivity contribution in [2.45, 2.75) is 23.9 Å². The molecule has 1 N–H and O–H groups in total. The van der Waals surface area contributed by atoms with Crippen molar-refractivity contribution in [1.82, 2.24) is 14.8 Å². The number of anilines is 1. The van der Waals surface area contributed by atoms with Gasteiger partial charge in [0.25, 0.3) is 0 Å². The Morgan fingerprint density at radius 1 is 1.03 bits per heavy atom. The van der Waals surface area contributed by atoms with Gasteiger partial charge in [0.05, 0.1) is 5.02 Å². The largest absolute Gasteiger partial charge is 0.484 e. The molecular weight excluding hydrogens is 456 g/mol. The molecular formula is C25H23ClN4O2S. The SMILES string of the molecule is Cc1ccc(NC(=O)[C@@H](Sc2nnc(COc3ccccc3Cl)n2C)c2ccccc2)cc1. The number of rotatable bonds is 8. The number of aromatic nitrogens is 3. The molecule has 0 saturated heterocycles. The molecule has 8 heteroatoms. The molecule has 4 aromatic rings. The molecule has 1 amide bonds. The van der Waals surface area contributed by atoms with Crippen LogP contribution in [-0.4, -0.2) is 20.7 Å². The van der Waals surface area contributed by atoms with Crippen LogP contribution < -0.4 is 10.1 Å². The first-order valence-corrected chi connectivity index (χ1v) is 11.6. The van der Waals surface area contributed by atoms with Gasteiger partial charge in [0.1, 0.15) is 17.6 Å². The van der Waals surface area contributed by atoms with Crippen molar-refractivity contribution in [3.05, 3.63) is 101 Å². The predicted molar refractivity (Wildman–Crippen MR) is 132 cm³/mol. The fourth-order valence-electron chi connectivity index (χ4n) is 3.13. The van der Waals surface area contributed by atoms with Crippen molar-refractivity contribution in [1.29, 1.82) is 0 Å². The molecule has 168 valence electrons. The molecule has 0 spiro atoms. The fourth-order valence-corrected chi connectivity index (χ4v) is 4.34. The summed E-state index contributed by atoms with van der Waals surface area (Å²) >= 11 is 7.51. The summed E-state index contributed by atoms with van der Waals surface area (Å²) in [5.41, 5.74) is 2.76. The minimum Gasteiger partial charge on any atom is -0.484 e. The molecule has 0 saturated carbocycles. The minimum absolute atomic E-state index is 0.132. The number of amides is 1. The molecule has 1 aromatic heterocycles. The average molecular weight is 479 g/mol. The Kier molecular flexibility index (Phi) is 7.32. The third-order valence-corrected chi connectivity index (χ3v) is 6.60. The lowest BCUT2D eigenvalue weighted by Gasteiger charge is -2.17. The number of benzene rings is 3. The van der Waals surface area contributed by atoms with E-state index in [2.05, 4.69) is 15.5 Å². The average Bonchev–Trinajstić information content (AvgIpc) is 3.18. The first-order chi connectivity index (χ1) is 16.0. The number of nitrogens with zero attached hydrogens (tertiary/aromatic N) is 3. The zero-order valence-corrected chi connectivity index (χ0v) is 19.8. The molecule has 0 aliphatic rings. The Labute approximate surface area is 202 Å². The highest BCUT2D eigenvalue weighted by atomic mass is 35.5. The van der Waals surface area contributed by atoms with Crippen LogP contribution in [0.1, 0.15) is 22.2 Å². The lowest BCUT2D eigenvalue weighted by atomic mass is 10.1. The van der Waals surface area contributed by atoms with Gasteiger partial charge in [-0.1, -0.05) is 83.5 Å². The molecule has 0 aliphatic heterocycles. The number of carbonyl (C=O) groups is 1. The highest BCUT2D eigenvalue weighted by molar-refractivity contribution is 8.00. The monoisotopic (exact) mass is 478 g/mol. The predicted octanol–water partition coefficient (Wildman–Crippen LogP) is 5.83. The fraction of sp³-hybridized carbons (Fsp3) is 0.160. The number of aryl methyl sites for hydroxylation is 1. The van der Waals surface area contributed by atoms with E-state index in [0.29, 0.717) is 21.8 Å². The van der Waals surface area contributed by atoms with E-state index in [0.717, 1.165) is 16.8 Å². The molecule has 6 nitrogen and oxygen atoms in total. The van der Waals surface area contributed by atoms with Gasteiger partial charge in [-0.3, -0.25) is 4.79 Å². The van der Waals surface area contributed by atoms with Crippen LogP contribution in [0.5, 0.6) is 5.75 Å². The molecule has 0 aliphatic carbocycles. The van der Waals surface area contributed by atoms with Crippen LogP contribution in [0, 0.1) is 6.92 Å². The maximum Gasteiger partial charge on any atom is 0.242 e. The summed E-state index contributed by atoms with van der Waals surface area (Å²) in [7, 11) is 1.85. The third-order valence-electron chi connectivity index (χ3n) is 5.00. The molecule has 0 unspecified atom stereocenters. The normalized spacial score (nSPS) is 11.7. The van der Waals surface area contributed by atoms with Gasteiger partial charge in [0.2, 0.25) is 5.91 Å².